The third kappa shape index (κ3) is 5.97. The van der Waals surface area contributed by atoms with Crippen LogP contribution in [0.3, 0.4) is 0 Å². The van der Waals surface area contributed by atoms with Crippen LogP contribution in [0.2, 0.25) is 25.7 Å². The van der Waals surface area contributed by atoms with E-state index in [0.29, 0.717) is 6.61 Å². The minimum absolute atomic E-state index is 0.373. The molecule has 2 heterocycles. The SMILES string of the molecule is CO[C@H]1[C@H](O)[C@@H](O)[C@H](O[C@H]2[C@@H](O)[C@H](O)[C@@H](OCC[Si](C)(C)C)O[C@H]2C)O[C@@H]1C(=O)O. The van der Waals surface area contributed by atoms with Gasteiger partial charge in [-0.25, -0.2) is 4.79 Å². The number of ether oxygens (including phenoxy) is 5. The molecule has 12 heteroatoms. The van der Waals surface area contributed by atoms with Crippen LogP contribution in [0.15, 0.2) is 0 Å². The first-order chi connectivity index (χ1) is 13.9. The van der Waals surface area contributed by atoms with Crippen LogP contribution < -0.4 is 0 Å². The number of aliphatic hydroxyl groups is 4. The van der Waals surface area contributed by atoms with Crippen LogP contribution in [0.1, 0.15) is 6.92 Å². The summed E-state index contributed by atoms with van der Waals surface area (Å²) in [7, 11) is -0.174. The molecular formula is C18H34O11Si. The Morgan fingerprint density at radius 3 is 2.03 bits per heavy atom. The Bertz CT molecular complexity index is 571. The van der Waals surface area contributed by atoms with Gasteiger partial charge in [0.1, 0.15) is 36.6 Å². The fourth-order valence-electron chi connectivity index (χ4n) is 3.38. The number of carboxylic acid groups (broad SMARTS) is 1. The summed E-state index contributed by atoms with van der Waals surface area (Å²) < 4.78 is 27.0. The van der Waals surface area contributed by atoms with Crippen molar-refractivity contribution in [3.05, 3.63) is 0 Å². The van der Waals surface area contributed by atoms with Crippen LogP contribution in [0.25, 0.3) is 0 Å². The molecule has 2 fully saturated rings. The third-order valence-electron chi connectivity index (χ3n) is 5.26. The van der Waals surface area contributed by atoms with E-state index in [-0.39, 0.29) is 0 Å². The first-order valence-corrected chi connectivity index (χ1v) is 13.6. The summed E-state index contributed by atoms with van der Waals surface area (Å²) in [5.74, 6) is -1.41. The van der Waals surface area contributed by atoms with Gasteiger partial charge in [0.25, 0.3) is 0 Å². The number of carboxylic acids is 1. The van der Waals surface area contributed by atoms with Crippen LogP contribution in [0, 0.1) is 0 Å². The number of hydrogen-bond donors (Lipinski definition) is 5. The van der Waals surface area contributed by atoms with Crippen molar-refractivity contribution in [2.45, 2.75) is 94.0 Å². The molecule has 0 bridgehead atoms. The molecule has 0 radical (unpaired) electrons. The number of hydrogen-bond acceptors (Lipinski definition) is 10. The molecule has 0 saturated carbocycles. The maximum atomic E-state index is 11.4. The van der Waals surface area contributed by atoms with E-state index in [2.05, 4.69) is 19.6 Å². The van der Waals surface area contributed by atoms with Crippen LogP contribution in [0.4, 0.5) is 0 Å². The highest BCUT2D eigenvalue weighted by atomic mass is 28.3. The van der Waals surface area contributed by atoms with Crippen molar-refractivity contribution in [3.8, 4) is 0 Å². The molecule has 176 valence electrons. The molecule has 2 rings (SSSR count). The van der Waals surface area contributed by atoms with Crippen LogP contribution in [-0.4, -0.2) is 115 Å². The highest BCUT2D eigenvalue weighted by molar-refractivity contribution is 6.76. The second-order valence-electron chi connectivity index (χ2n) is 8.92. The van der Waals surface area contributed by atoms with Gasteiger partial charge in [0.2, 0.25) is 0 Å². The maximum Gasteiger partial charge on any atom is 0.335 e. The highest BCUT2D eigenvalue weighted by Gasteiger charge is 2.52. The summed E-state index contributed by atoms with van der Waals surface area (Å²) in [5, 5.41) is 50.7. The zero-order valence-corrected chi connectivity index (χ0v) is 18.9. The Hall–Kier alpha value is -0.673. The summed E-state index contributed by atoms with van der Waals surface area (Å²) in [4.78, 5) is 11.4. The summed E-state index contributed by atoms with van der Waals surface area (Å²) in [6.45, 7) is 8.49. The number of aliphatic carboxylic acids is 1. The van der Waals surface area contributed by atoms with Crippen molar-refractivity contribution < 1.29 is 54.0 Å². The fourth-order valence-corrected chi connectivity index (χ4v) is 4.11. The van der Waals surface area contributed by atoms with Crippen LogP contribution in [-0.2, 0) is 28.5 Å². The minimum atomic E-state index is -1.65. The largest absolute Gasteiger partial charge is 0.479 e. The molecule has 11 nitrogen and oxygen atoms in total. The minimum Gasteiger partial charge on any atom is -0.479 e. The van der Waals surface area contributed by atoms with Gasteiger partial charge in [-0.1, -0.05) is 19.6 Å². The van der Waals surface area contributed by atoms with Gasteiger partial charge in [-0.05, 0) is 13.0 Å². The van der Waals surface area contributed by atoms with E-state index < -0.39 is 75.5 Å². The molecule has 2 aliphatic heterocycles. The van der Waals surface area contributed by atoms with E-state index in [4.69, 9.17) is 23.7 Å². The molecule has 0 aromatic heterocycles. The Kier molecular flexibility index (Phi) is 8.78. The molecule has 2 saturated heterocycles. The quantitative estimate of drug-likeness (QED) is 0.278. The van der Waals surface area contributed by atoms with Gasteiger partial charge in [0, 0.05) is 21.8 Å². The molecule has 0 aromatic rings. The lowest BCUT2D eigenvalue weighted by atomic mass is 9.97. The zero-order chi connectivity index (χ0) is 22.8. The van der Waals surface area contributed by atoms with Crippen LogP contribution >= 0.6 is 0 Å². The maximum absolute atomic E-state index is 11.4. The molecule has 0 spiro atoms. The molecule has 2 aliphatic rings. The van der Waals surface area contributed by atoms with E-state index >= 15 is 0 Å². The lowest BCUT2D eigenvalue weighted by Gasteiger charge is -2.45. The van der Waals surface area contributed by atoms with E-state index in [1.54, 1.807) is 6.92 Å². The van der Waals surface area contributed by atoms with E-state index in [1.165, 1.54) is 7.11 Å². The molecule has 10 atom stereocenters. The zero-order valence-electron chi connectivity index (χ0n) is 17.9. The lowest BCUT2D eigenvalue weighted by molar-refractivity contribution is -0.352. The number of carbonyl (C=O) groups is 1. The number of rotatable bonds is 8. The fraction of sp³-hybridized carbons (Fsp3) is 0.944. The highest BCUT2D eigenvalue weighted by Crippen LogP contribution is 2.30. The topological polar surface area (TPSA) is 164 Å². The normalized spacial score (nSPS) is 42.8. The van der Waals surface area contributed by atoms with Crippen molar-refractivity contribution >= 4 is 14.0 Å². The van der Waals surface area contributed by atoms with Gasteiger partial charge in [-0.2, -0.15) is 0 Å². The van der Waals surface area contributed by atoms with Crippen molar-refractivity contribution in [3.63, 3.8) is 0 Å². The standard InChI is InChI=1S/C18H34O11Si/c1-8-13(9(19)11(21)17(27-8)26-6-7-30(3,4)5)28-18-12(22)10(20)14(25-2)15(29-18)16(23)24/h8-15,17-22H,6-7H2,1-5H3,(H,23,24)/t8-,9-,10+,11-,12+,13+,14-,15-,17-,18+/m0/s1. The predicted molar refractivity (Wildman–Crippen MR) is 104 cm³/mol. The first-order valence-electron chi connectivity index (χ1n) is 9.93. The smallest absolute Gasteiger partial charge is 0.335 e. The van der Waals surface area contributed by atoms with Gasteiger partial charge in [-0.15, -0.1) is 0 Å². The van der Waals surface area contributed by atoms with E-state index in [0.717, 1.165) is 6.04 Å². The predicted octanol–water partition coefficient (Wildman–Crippen LogP) is -1.26. The molecule has 0 aromatic carbocycles. The van der Waals surface area contributed by atoms with Crippen molar-refractivity contribution in [1.82, 2.24) is 0 Å². The molecular weight excluding hydrogens is 420 g/mol. The summed E-state index contributed by atoms with van der Waals surface area (Å²) in [6.07, 6.45) is -13.6. The third-order valence-corrected chi connectivity index (χ3v) is 6.97. The first kappa shape index (κ1) is 25.6. The lowest BCUT2D eigenvalue weighted by Crippen LogP contribution is -2.64. The van der Waals surface area contributed by atoms with E-state index in [9.17, 15) is 30.3 Å². The van der Waals surface area contributed by atoms with Gasteiger partial charge < -0.3 is 49.2 Å². The average Bonchev–Trinajstić information content (AvgIpc) is 2.64. The molecule has 0 amide bonds. The van der Waals surface area contributed by atoms with Crippen molar-refractivity contribution in [2.75, 3.05) is 13.7 Å². The van der Waals surface area contributed by atoms with Crippen LogP contribution in [0.5, 0.6) is 0 Å². The summed E-state index contributed by atoms with van der Waals surface area (Å²) in [6, 6.07) is 0.848. The van der Waals surface area contributed by atoms with Crippen molar-refractivity contribution in [1.29, 1.82) is 0 Å². The molecule has 5 N–H and O–H groups in total. The summed E-state index contributed by atoms with van der Waals surface area (Å²) >= 11 is 0. The van der Waals surface area contributed by atoms with Gasteiger partial charge in [0.05, 0.1) is 6.10 Å². The Morgan fingerprint density at radius 1 is 0.933 bits per heavy atom. The molecule has 0 unspecified atom stereocenters. The summed E-state index contributed by atoms with van der Waals surface area (Å²) in [5.41, 5.74) is 0. The van der Waals surface area contributed by atoms with Crippen molar-refractivity contribution in [2.24, 2.45) is 0 Å². The molecule has 0 aliphatic carbocycles. The second-order valence-corrected chi connectivity index (χ2v) is 14.5. The van der Waals surface area contributed by atoms with Gasteiger partial charge in [-0.3, -0.25) is 0 Å². The van der Waals surface area contributed by atoms with E-state index in [1.807, 2.05) is 0 Å². The average molecular weight is 455 g/mol. The molecule has 30 heavy (non-hydrogen) atoms. The number of methoxy groups -OCH3 is 1. The monoisotopic (exact) mass is 454 g/mol. The number of aliphatic hydroxyl groups excluding tert-OH is 4. The second kappa shape index (κ2) is 10.3. The Labute approximate surface area is 176 Å². The van der Waals surface area contributed by atoms with Gasteiger partial charge in [0.15, 0.2) is 18.7 Å². The Balaban J connectivity index is 2.03. The van der Waals surface area contributed by atoms with Gasteiger partial charge >= 0.3 is 5.97 Å². The Morgan fingerprint density at radius 2 is 1.50 bits per heavy atom.